The molecule has 25 heavy (non-hydrogen) atoms. The van der Waals surface area contributed by atoms with E-state index in [0.29, 0.717) is 5.16 Å². The molecule has 6 heteroatoms. The van der Waals surface area contributed by atoms with Gasteiger partial charge < -0.3 is 0 Å². The zero-order valence-electron chi connectivity index (χ0n) is 14.7. The molecule has 0 saturated carbocycles. The molecule has 0 aliphatic heterocycles. The second-order valence-electron chi connectivity index (χ2n) is 6.14. The van der Waals surface area contributed by atoms with Gasteiger partial charge in [0.2, 0.25) is 5.16 Å². The third-order valence-corrected chi connectivity index (χ3v) is 5.16. The van der Waals surface area contributed by atoms with Crippen molar-refractivity contribution in [3.8, 4) is 5.69 Å². The fraction of sp³-hybridized carbons (Fsp3) is 0.263. The standard InChI is InChI=1S/C19H20N4OS/c1-12-6-5-7-17(10-12)23-19(20-21-22-23)25-15(4)18(24)16-9-8-13(2)14(3)11-16/h5-11,15H,1-4H3/t15-/m0/s1. The summed E-state index contributed by atoms with van der Waals surface area (Å²) in [5.74, 6) is 0.0758. The molecule has 0 radical (unpaired) electrons. The number of aryl methyl sites for hydroxylation is 3. The van der Waals surface area contributed by atoms with Crippen molar-refractivity contribution in [1.29, 1.82) is 0 Å². The third kappa shape index (κ3) is 3.79. The number of hydrogen-bond acceptors (Lipinski definition) is 5. The molecule has 0 N–H and O–H groups in total. The first-order valence-electron chi connectivity index (χ1n) is 8.09. The molecule has 0 aliphatic rings. The van der Waals surface area contributed by atoms with Crippen LogP contribution in [0.4, 0.5) is 0 Å². The number of thioether (sulfide) groups is 1. The highest BCUT2D eigenvalue weighted by atomic mass is 32.2. The molecule has 0 bridgehead atoms. The Morgan fingerprint density at radius 2 is 1.88 bits per heavy atom. The fourth-order valence-corrected chi connectivity index (χ4v) is 3.40. The van der Waals surface area contributed by atoms with Gasteiger partial charge in [-0.05, 0) is 73.0 Å². The molecule has 5 nitrogen and oxygen atoms in total. The Morgan fingerprint density at radius 3 is 2.60 bits per heavy atom. The van der Waals surface area contributed by atoms with Gasteiger partial charge in [-0.25, -0.2) is 0 Å². The SMILES string of the molecule is Cc1cccc(-n2nnnc2S[C@@H](C)C(=O)c2ccc(C)c(C)c2)c1. The number of nitrogens with zero attached hydrogens (tertiary/aromatic N) is 4. The average molecular weight is 352 g/mol. The maximum Gasteiger partial charge on any atom is 0.214 e. The van der Waals surface area contributed by atoms with Gasteiger partial charge in [0.15, 0.2) is 5.78 Å². The molecule has 0 fully saturated rings. The number of carbonyl (C=O) groups excluding carboxylic acids is 1. The van der Waals surface area contributed by atoms with E-state index in [-0.39, 0.29) is 11.0 Å². The largest absolute Gasteiger partial charge is 0.293 e. The summed E-state index contributed by atoms with van der Waals surface area (Å²) < 4.78 is 1.67. The van der Waals surface area contributed by atoms with Crippen LogP contribution in [0.3, 0.4) is 0 Å². The van der Waals surface area contributed by atoms with E-state index in [1.165, 1.54) is 17.3 Å². The first kappa shape index (κ1) is 17.4. The van der Waals surface area contributed by atoms with Crippen LogP contribution < -0.4 is 0 Å². The molecule has 0 amide bonds. The lowest BCUT2D eigenvalue weighted by atomic mass is 10.0. The fourth-order valence-electron chi connectivity index (χ4n) is 2.52. The van der Waals surface area contributed by atoms with E-state index in [1.807, 2.05) is 70.2 Å². The topological polar surface area (TPSA) is 60.7 Å². The molecule has 2 aromatic carbocycles. The highest BCUT2D eigenvalue weighted by Gasteiger charge is 2.20. The normalized spacial score (nSPS) is 12.2. The summed E-state index contributed by atoms with van der Waals surface area (Å²) in [6, 6.07) is 13.7. The predicted octanol–water partition coefficient (Wildman–Crippen LogP) is 3.95. The van der Waals surface area contributed by atoms with Crippen molar-refractivity contribution in [2.24, 2.45) is 0 Å². The van der Waals surface area contributed by atoms with Gasteiger partial charge in [0.25, 0.3) is 0 Å². The third-order valence-electron chi connectivity index (χ3n) is 4.13. The summed E-state index contributed by atoms with van der Waals surface area (Å²) in [5, 5.41) is 12.2. The zero-order valence-corrected chi connectivity index (χ0v) is 15.5. The lowest BCUT2D eigenvalue weighted by Gasteiger charge is -2.11. The van der Waals surface area contributed by atoms with Crippen molar-refractivity contribution in [2.75, 3.05) is 0 Å². The van der Waals surface area contributed by atoms with Gasteiger partial charge in [-0.1, -0.05) is 36.0 Å². The van der Waals surface area contributed by atoms with E-state index in [2.05, 4.69) is 15.5 Å². The van der Waals surface area contributed by atoms with Gasteiger partial charge in [-0.2, -0.15) is 4.68 Å². The Morgan fingerprint density at radius 1 is 1.08 bits per heavy atom. The number of tetrazole rings is 1. The van der Waals surface area contributed by atoms with Crippen LogP contribution in [0.1, 0.15) is 34.0 Å². The van der Waals surface area contributed by atoms with Crippen LogP contribution in [0.25, 0.3) is 5.69 Å². The average Bonchev–Trinajstić information content (AvgIpc) is 3.04. The van der Waals surface area contributed by atoms with Crippen LogP contribution in [0.2, 0.25) is 0 Å². The molecule has 3 aromatic rings. The lowest BCUT2D eigenvalue weighted by molar-refractivity contribution is 0.0993. The Bertz CT molecular complexity index is 919. The minimum atomic E-state index is -0.281. The first-order valence-corrected chi connectivity index (χ1v) is 8.97. The van der Waals surface area contributed by atoms with Crippen LogP contribution in [-0.2, 0) is 0 Å². The summed E-state index contributed by atoms with van der Waals surface area (Å²) in [4.78, 5) is 12.7. The highest BCUT2D eigenvalue weighted by molar-refractivity contribution is 8.00. The number of aromatic nitrogens is 4. The van der Waals surface area contributed by atoms with Crippen molar-refractivity contribution >= 4 is 17.5 Å². The van der Waals surface area contributed by atoms with E-state index < -0.39 is 0 Å². The molecule has 1 heterocycles. The van der Waals surface area contributed by atoms with Gasteiger partial charge in [-0.3, -0.25) is 4.79 Å². The van der Waals surface area contributed by atoms with Crippen LogP contribution in [0.15, 0.2) is 47.6 Å². The zero-order chi connectivity index (χ0) is 18.0. The molecule has 0 spiro atoms. The Kier molecular flexibility index (Phi) is 4.99. The number of hydrogen-bond donors (Lipinski definition) is 0. The van der Waals surface area contributed by atoms with Crippen LogP contribution in [0, 0.1) is 20.8 Å². The number of rotatable bonds is 5. The van der Waals surface area contributed by atoms with Gasteiger partial charge in [0, 0.05) is 5.56 Å². The summed E-state index contributed by atoms with van der Waals surface area (Å²) in [6.07, 6.45) is 0. The van der Waals surface area contributed by atoms with Crippen LogP contribution in [-0.4, -0.2) is 31.2 Å². The minimum Gasteiger partial charge on any atom is -0.293 e. The van der Waals surface area contributed by atoms with E-state index in [4.69, 9.17) is 0 Å². The first-order chi connectivity index (χ1) is 12.0. The van der Waals surface area contributed by atoms with Gasteiger partial charge in [0.1, 0.15) is 0 Å². The van der Waals surface area contributed by atoms with Crippen molar-refractivity contribution in [3.63, 3.8) is 0 Å². The molecule has 128 valence electrons. The summed E-state index contributed by atoms with van der Waals surface area (Å²) in [5.41, 5.74) is 5.03. The van der Waals surface area contributed by atoms with E-state index >= 15 is 0 Å². The number of carbonyl (C=O) groups is 1. The number of benzene rings is 2. The van der Waals surface area contributed by atoms with E-state index in [1.54, 1.807) is 4.68 Å². The summed E-state index contributed by atoms with van der Waals surface area (Å²) in [7, 11) is 0. The van der Waals surface area contributed by atoms with Crippen molar-refractivity contribution in [3.05, 3.63) is 64.7 Å². The summed E-state index contributed by atoms with van der Waals surface area (Å²) >= 11 is 1.37. The Hall–Kier alpha value is -2.47. The maximum atomic E-state index is 12.7. The molecule has 0 saturated heterocycles. The van der Waals surface area contributed by atoms with Gasteiger partial charge in [0.05, 0.1) is 10.9 Å². The minimum absolute atomic E-state index is 0.0758. The molecule has 1 aromatic heterocycles. The molecule has 1 atom stereocenters. The van der Waals surface area contributed by atoms with Crippen molar-refractivity contribution < 1.29 is 4.79 Å². The highest BCUT2D eigenvalue weighted by Crippen LogP contribution is 2.26. The second-order valence-corrected chi connectivity index (χ2v) is 7.44. The van der Waals surface area contributed by atoms with Crippen molar-refractivity contribution in [1.82, 2.24) is 20.2 Å². The molecule has 0 unspecified atom stereocenters. The van der Waals surface area contributed by atoms with Crippen LogP contribution in [0.5, 0.6) is 0 Å². The quantitative estimate of drug-likeness (QED) is 0.514. The smallest absolute Gasteiger partial charge is 0.214 e. The van der Waals surface area contributed by atoms with Crippen molar-refractivity contribution in [2.45, 2.75) is 38.1 Å². The number of ketones is 1. The molecule has 0 aliphatic carbocycles. The monoisotopic (exact) mass is 352 g/mol. The van der Waals surface area contributed by atoms with E-state index in [0.717, 1.165) is 22.4 Å². The maximum absolute atomic E-state index is 12.7. The molecular formula is C19H20N4OS. The Balaban J connectivity index is 1.82. The van der Waals surface area contributed by atoms with Gasteiger partial charge in [-0.15, -0.1) is 5.10 Å². The molecular weight excluding hydrogens is 332 g/mol. The second kappa shape index (κ2) is 7.19. The Labute approximate surface area is 151 Å². The van der Waals surface area contributed by atoms with Gasteiger partial charge >= 0.3 is 0 Å². The summed E-state index contributed by atoms with van der Waals surface area (Å²) in [6.45, 7) is 7.96. The molecule has 3 rings (SSSR count). The lowest BCUT2D eigenvalue weighted by Crippen LogP contribution is -2.15. The van der Waals surface area contributed by atoms with E-state index in [9.17, 15) is 4.79 Å². The predicted molar refractivity (Wildman–Crippen MR) is 99.5 cm³/mol. The van der Waals surface area contributed by atoms with Crippen LogP contribution >= 0.6 is 11.8 Å². The number of Topliss-reactive ketones (excluding diaryl/α,β-unsaturated/α-hetero) is 1.